The van der Waals surface area contributed by atoms with Crippen molar-refractivity contribution in [1.82, 2.24) is 15.5 Å². The monoisotopic (exact) mass is 398 g/mol. The molecule has 144 valence electrons. The van der Waals surface area contributed by atoms with Crippen LogP contribution in [0.3, 0.4) is 0 Å². The van der Waals surface area contributed by atoms with Gasteiger partial charge in [-0.25, -0.2) is 0 Å². The van der Waals surface area contributed by atoms with E-state index in [0.29, 0.717) is 23.1 Å². The molecule has 3 rings (SSSR count). The SMILES string of the molecule is COc1ccc(CNC(=O)c2ccc(Nc3ccc(OC)c(Cl)c3)nn2)cc1. The van der Waals surface area contributed by atoms with Gasteiger partial charge in [-0.05, 0) is 48.0 Å². The van der Waals surface area contributed by atoms with Gasteiger partial charge in [0.15, 0.2) is 11.5 Å². The van der Waals surface area contributed by atoms with Crippen LogP contribution in [-0.2, 0) is 6.54 Å². The Bertz CT molecular complexity index is 947. The number of amides is 1. The van der Waals surface area contributed by atoms with Crippen molar-refractivity contribution in [3.8, 4) is 11.5 Å². The number of benzene rings is 2. The highest BCUT2D eigenvalue weighted by Gasteiger charge is 2.09. The molecule has 0 aliphatic carbocycles. The lowest BCUT2D eigenvalue weighted by molar-refractivity contribution is 0.0945. The average molecular weight is 399 g/mol. The van der Waals surface area contributed by atoms with E-state index < -0.39 is 0 Å². The second-order valence-electron chi connectivity index (χ2n) is 5.81. The Labute approximate surface area is 167 Å². The van der Waals surface area contributed by atoms with Gasteiger partial charge in [-0.1, -0.05) is 23.7 Å². The quantitative estimate of drug-likeness (QED) is 0.629. The number of hydrogen-bond acceptors (Lipinski definition) is 6. The molecule has 0 bridgehead atoms. The number of carbonyl (C=O) groups excluding carboxylic acids is 1. The maximum Gasteiger partial charge on any atom is 0.272 e. The predicted octanol–water partition coefficient (Wildman–Crippen LogP) is 3.82. The molecule has 1 amide bonds. The van der Waals surface area contributed by atoms with E-state index in [1.165, 1.54) is 0 Å². The van der Waals surface area contributed by atoms with Crippen molar-refractivity contribution in [3.63, 3.8) is 0 Å². The molecule has 1 aromatic heterocycles. The van der Waals surface area contributed by atoms with Gasteiger partial charge in [-0.15, -0.1) is 10.2 Å². The Kier molecular flexibility index (Phi) is 6.29. The van der Waals surface area contributed by atoms with Gasteiger partial charge >= 0.3 is 0 Å². The van der Waals surface area contributed by atoms with Crippen molar-refractivity contribution in [3.05, 3.63) is 70.9 Å². The van der Waals surface area contributed by atoms with Gasteiger partial charge in [0, 0.05) is 12.2 Å². The zero-order valence-electron chi connectivity index (χ0n) is 15.4. The number of aromatic nitrogens is 2. The molecule has 0 spiro atoms. The van der Waals surface area contributed by atoms with E-state index >= 15 is 0 Å². The smallest absolute Gasteiger partial charge is 0.272 e. The van der Waals surface area contributed by atoms with Gasteiger partial charge in [0.1, 0.15) is 11.5 Å². The van der Waals surface area contributed by atoms with Gasteiger partial charge in [0.25, 0.3) is 5.91 Å². The minimum absolute atomic E-state index is 0.229. The first kappa shape index (κ1) is 19.4. The molecule has 0 fully saturated rings. The third kappa shape index (κ3) is 4.89. The van der Waals surface area contributed by atoms with E-state index in [1.54, 1.807) is 38.5 Å². The van der Waals surface area contributed by atoms with Gasteiger partial charge < -0.3 is 20.1 Å². The molecule has 2 N–H and O–H groups in total. The number of rotatable bonds is 7. The molecular weight excluding hydrogens is 380 g/mol. The molecular formula is C20H19ClN4O3. The molecule has 0 aliphatic rings. The summed E-state index contributed by atoms with van der Waals surface area (Å²) in [6.07, 6.45) is 0. The summed E-state index contributed by atoms with van der Waals surface area (Å²) >= 11 is 6.10. The maximum absolute atomic E-state index is 12.2. The molecule has 3 aromatic rings. The van der Waals surface area contributed by atoms with Gasteiger partial charge in [-0.2, -0.15) is 0 Å². The third-order valence-corrected chi connectivity index (χ3v) is 4.23. The molecule has 7 nitrogen and oxygen atoms in total. The molecule has 0 radical (unpaired) electrons. The van der Waals surface area contributed by atoms with Crippen molar-refractivity contribution >= 4 is 29.0 Å². The van der Waals surface area contributed by atoms with Crippen molar-refractivity contribution in [2.24, 2.45) is 0 Å². The summed E-state index contributed by atoms with van der Waals surface area (Å²) in [5.74, 6) is 1.54. The molecule has 0 saturated carbocycles. The Hall–Kier alpha value is -3.32. The summed E-state index contributed by atoms with van der Waals surface area (Å²) in [6.45, 7) is 0.384. The van der Waals surface area contributed by atoms with Crippen molar-refractivity contribution in [2.45, 2.75) is 6.54 Å². The first-order valence-corrected chi connectivity index (χ1v) is 8.82. The van der Waals surface area contributed by atoms with E-state index in [2.05, 4.69) is 20.8 Å². The first-order valence-electron chi connectivity index (χ1n) is 8.44. The van der Waals surface area contributed by atoms with Crippen LogP contribution in [0.15, 0.2) is 54.6 Å². The molecule has 0 aliphatic heterocycles. The minimum atomic E-state index is -0.303. The summed E-state index contributed by atoms with van der Waals surface area (Å²) in [6, 6.07) is 16.0. The van der Waals surface area contributed by atoms with Crippen LogP contribution < -0.4 is 20.1 Å². The Morgan fingerprint density at radius 3 is 2.39 bits per heavy atom. The Morgan fingerprint density at radius 2 is 1.79 bits per heavy atom. The fourth-order valence-electron chi connectivity index (χ4n) is 2.43. The van der Waals surface area contributed by atoms with E-state index in [4.69, 9.17) is 21.1 Å². The number of methoxy groups -OCH3 is 2. The average Bonchev–Trinajstić information content (AvgIpc) is 2.73. The number of halogens is 1. The highest BCUT2D eigenvalue weighted by atomic mass is 35.5. The highest BCUT2D eigenvalue weighted by Crippen LogP contribution is 2.28. The zero-order valence-corrected chi connectivity index (χ0v) is 16.2. The van der Waals surface area contributed by atoms with Gasteiger partial charge in [0.2, 0.25) is 0 Å². The summed E-state index contributed by atoms with van der Waals surface area (Å²) in [4.78, 5) is 12.2. The lowest BCUT2D eigenvalue weighted by Gasteiger charge is -2.09. The number of anilines is 2. The second kappa shape index (κ2) is 9.05. The molecule has 0 unspecified atom stereocenters. The third-order valence-electron chi connectivity index (χ3n) is 3.93. The number of ether oxygens (including phenoxy) is 2. The summed E-state index contributed by atoms with van der Waals surface area (Å²) in [7, 11) is 3.16. The number of nitrogens with zero attached hydrogens (tertiary/aromatic N) is 2. The lowest BCUT2D eigenvalue weighted by Crippen LogP contribution is -2.24. The molecule has 8 heteroatoms. The summed E-state index contributed by atoms with van der Waals surface area (Å²) in [5, 5.41) is 14.4. The lowest BCUT2D eigenvalue weighted by atomic mass is 10.2. The molecule has 2 aromatic carbocycles. The molecule has 1 heterocycles. The topological polar surface area (TPSA) is 85.4 Å². The van der Waals surface area contributed by atoms with Crippen molar-refractivity contribution in [2.75, 3.05) is 19.5 Å². The molecule has 0 saturated heterocycles. The van der Waals surface area contributed by atoms with Crippen LogP contribution in [-0.4, -0.2) is 30.3 Å². The second-order valence-corrected chi connectivity index (χ2v) is 6.22. The maximum atomic E-state index is 12.2. The highest BCUT2D eigenvalue weighted by molar-refractivity contribution is 6.32. The Morgan fingerprint density at radius 1 is 1.00 bits per heavy atom. The Balaban J connectivity index is 1.58. The van der Waals surface area contributed by atoms with Gasteiger partial charge in [0.05, 0.1) is 19.2 Å². The molecule has 0 atom stereocenters. The predicted molar refractivity (Wildman–Crippen MR) is 107 cm³/mol. The summed E-state index contributed by atoms with van der Waals surface area (Å²) in [5.41, 5.74) is 1.92. The van der Waals surface area contributed by atoms with Crippen molar-refractivity contribution in [1.29, 1.82) is 0 Å². The van der Waals surface area contributed by atoms with E-state index in [-0.39, 0.29) is 11.6 Å². The van der Waals surface area contributed by atoms with Crippen LogP contribution in [0.5, 0.6) is 11.5 Å². The van der Waals surface area contributed by atoms with Crippen LogP contribution in [0, 0.1) is 0 Å². The number of carbonyl (C=O) groups is 1. The van der Waals surface area contributed by atoms with Crippen LogP contribution in [0.1, 0.15) is 16.1 Å². The summed E-state index contributed by atoms with van der Waals surface area (Å²) < 4.78 is 10.2. The van der Waals surface area contributed by atoms with Crippen LogP contribution >= 0.6 is 11.6 Å². The molecule has 28 heavy (non-hydrogen) atoms. The van der Waals surface area contributed by atoms with Gasteiger partial charge in [-0.3, -0.25) is 4.79 Å². The fourth-order valence-corrected chi connectivity index (χ4v) is 2.69. The normalized spacial score (nSPS) is 10.2. The number of hydrogen-bond donors (Lipinski definition) is 2. The van der Waals surface area contributed by atoms with Crippen molar-refractivity contribution < 1.29 is 14.3 Å². The zero-order chi connectivity index (χ0) is 19.9. The van der Waals surface area contributed by atoms with Crippen LogP contribution in [0.4, 0.5) is 11.5 Å². The van der Waals surface area contributed by atoms with Crippen LogP contribution in [0.2, 0.25) is 5.02 Å². The van der Waals surface area contributed by atoms with E-state index in [1.807, 2.05) is 30.3 Å². The van der Waals surface area contributed by atoms with E-state index in [9.17, 15) is 4.79 Å². The largest absolute Gasteiger partial charge is 0.497 e. The fraction of sp³-hybridized carbons (Fsp3) is 0.150. The number of nitrogens with one attached hydrogen (secondary N) is 2. The first-order chi connectivity index (χ1) is 13.6. The standard InChI is InChI=1S/C20H19ClN4O3/c1-27-15-6-3-13(4-7-15)12-22-20(26)17-8-10-19(25-24-17)23-14-5-9-18(28-2)16(21)11-14/h3-11H,12H2,1-2H3,(H,22,26)(H,23,25). The van der Waals surface area contributed by atoms with E-state index in [0.717, 1.165) is 17.0 Å². The minimum Gasteiger partial charge on any atom is -0.497 e. The van der Waals surface area contributed by atoms with Crippen LogP contribution in [0.25, 0.3) is 0 Å².